The van der Waals surface area contributed by atoms with Gasteiger partial charge in [0.15, 0.2) is 0 Å². The maximum atomic E-state index is 12.0. The number of hydrogen-bond acceptors (Lipinski definition) is 7. The second-order valence-corrected chi connectivity index (χ2v) is 7.63. The molecule has 9 nitrogen and oxygen atoms in total. The Morgan fingerprint density at radius 3 is 2.48 bits per heavy atom. The van der Waals surface area contributed by atoms with Gasteiger partial charge in [0.25, 0.3) is 0 Å². The van der Waals surface area contributed by atoms with Gasteiger partial charge in [-0.05, 0) is 61.4 Å². The third kappa shape index (κ3) is 7.50. The lowest BCUT2D eigenvalue weighted by Crippen LogP contribution is -2.41. The topological polar surface area (TPSA) is 116 Å². The largest absolute Gasteiger partial charge is 0.497 e. The summed E-state index contributed by atoms with van der Waals surface area (Å²) in [7, 11) is 1.59. The average molecular weight is 473 g/mol. The number of methoxy groups -OCH3 is 1. The van der Waals surface area contributed by atoms with Crippen molar-refractivity contribution in [1.82, 2.24) is 21.0 Å². The number of hydrazine groups is 1. The van der Waals surface area contributed by atoms with Crippen LogP contribution in [0.25, 0.3) is 11.4 Å². The lowest BCUT2D eigenvalue weighted by molar-refractivity contribution is -0.129. The van der Waals surface area contributed by atoms with E-state index in [9.17, 15) is 9.59 Å². The average Bonchev–Trinajstić information content (AvgIpc) is 3.29. The summed E-state index contributed by atoms with van der Waals surface area (Å²) in [4.78, 5) is 28.2. The van der Waals surface area contributed by atoms with Crippen LogP contribution in [0.3, 0.4) is 0 Å². The fourth-order valence-corrected chi connectivity index (χ4v) is 3.11. The first kappa shape index (κ1) is 24.1. The number of carbonyl (C=O) groups excluding carboxylic acids is 2. The van der Waals surface area contributed by atoms with Gasteiger partial charge < -0.3 is 14.0 Å². The van der Waals surface area contributed by atoms with E-state index in [4.69, 9.17) is 25.6 Å². The molecule has 0 aliphatic heterocycles. The summed E-state index contributed by atoms with van der Waals surface area (Å²) >= 11 is 5.91. The highest BCUT2D eigenvalue weighted by molar-refractivity contribution is 6.30. The highest BCUT2D eigenvalue weighted by atomic mass is 35.5. The zero-order chi connectivity index (χ0) is 23.6. The van der Waals surface area contributed by atoms with Crippen LogP contribution in [0, 0.1) is 6.92 Å². The van der Waals surface area contributed by atoms with Crippen LogP contribution in [0.2, 0.25) is 5.02 Å². The first-order valence-electron chi connectivity index (χ1n) is 10.4. The van der Waals surface area contributed by atoms with Gasteiger partial charge >= 0.3 is 0 Å². The van der Waals surface area contributed by atoms with Crippen LogP contribution >= 0.6 is 11.6 Å². The van der Waals surface area contributed by atoms with Gasteiger partial charge in [-0.25, -0.2) is 0 Å². The number of nitrogens with zero attached hydrogens (tertiary/aromatic N) is 2. The van der Waals surface area contributed by atoms with Crippen LogP contribution in [-0.2, 0) is 16.0 Å². The Hall–Kier alpha value is -3.59. The van der Waals surface area contributed by atoms with Crippen LogP contribution in [0.4, 0.5) is 0 Å². The number of ether oxygens (including phenoxy) is 2. The number of hydrogen-bond donors (Lipinski definition) is 2. The third-order valence-corrected chi connectivity index (χ3v) is 4.90. The van der Waals surface area contributed by atoms with Crippen molar-refractivity contribution in [2.24, 2.45) is 0 Å². The summed E-state index contributed by atoms with van der Waals surface area (Å²) < 4.78 is 16.0. The van der Waals surface area contributed by atoms with E-state index in [1.165, 1.54) is 0 Å². The maximum Gasteiger partial charge on any atom is 0.238 e. The van der Waals surface area contributed by atoms with Crippen LogP contribution in [0.1, 0.15) is 30.7 Å². The molecule has 0 saturated heterocycles. The molecule has 10 heteroatoms. The normalized spacial score (nSPS) is 10.5. The summed E-state index contributed by atoms with van der Waals surface area (Å²) in [6.45, 7) is 2.27. The Balaban J connectivity index is 1.32. The van der Waals surface area contributed by atoms with E-state index in [-0.39, 0.29) is 31.1 Å². The molecule has 3 aromatic rings. The van der Waals surface area contributed by atoms with Gasteiger partial charge in [-0.15, -0.1) is 0 Å². The summed E-state index contributed by atoms with van der Waals surface area (Å²) in [6.07, 6.45) is 1.05. The molecule has 0 unspecified atom stereocenters. The van der Waals surface area contributed by atoms with Crippen LogP contribution in [0.15, 0.2) is 47.0 Å². The van der Waals surface area contributed by atoms with E-state index >= 15 is 0 Å². The molecular weight excluding hydrogens is 448 g/mol. The molecule has 0 aliphatic rings. The molecule has 0 atom stereocenters. The lowest BCUT2D eigenvalue weighted by Gasteiger charge is -2.10. The molecule has 0 aliphatic carbocycles. The second-order valence-electron chi connectivity index (χ2n) is 7.20. The van der Waals surface area contributed by atoms with Crippen molar-refractivity contribution < 1.29 is 23.6 Å². The maximum absolute atomic E-state index is 12.0. The number of nitrogens with one attached hydrogen (secondary N) is 2. The quantitative estimate of drug-likeness (QED) is 0.342. The molecule has 0 bridgehead atoms. The Morgan fingerprint density at radius 2 is 1.79 bits per heavy atom. The van der Waals surface area contributed by atoms with E-state index in [1.54, 1.807) is 31.4 Å². The minimum Gasteiger partial charge on any atom is -0.497 e. The molecule has 0 spiro atoms. The van der Waals surface area contributed by atoms with E-state index in [0.29, 0.717) is 29.8 Å². The van der Waals surface area contributed by atoms with Gasteiger partial charge in [-0.2, -0.15) is 4.98 Å². The molecule has 3 rings (SSSR count). The highest BCUT2D eigenvalue weighted by Crippen LogP contribution is 2.22. The Bertz CT molecular complexity index is 1080. The number of aromatic nitrogens is 2. The lowest BCUT2D eigenvalue weighted by atomic mass is 10.2. The molecule has 2 aromatic carbocycles. The van der Waals surface area contributed by atoms with Crippen molar-refractivity contribution in [3.05, 3.63) is 58.9 Å². The smallest absolute Gasteiger partial charge is 0.238 e. The number of carbonyl (C=O) groups is 2. The van der Waals surface area contributed by atoms with E-state index < -0.39 is 0 Å². The van der Waals surface area contributed by atoms with Crippen molar-refractivity contribution in [3.63, 3.8) is 0 Å². The van der Waals surface area contributed by atoms with Crippen LogP contribution in [0.5, 0.6) is 11.5 Å². The van der Waals surface area contributed by atoms with Crippen molar-refractivity contribution in [1.29, 1.82) is 0 Å². The van der Waals surface area contributed by atoms with Crippen molar-refractivity contribution in [2.75, 3.05) is 13.7 Å². The summed E-state index contributed by atoms with van der Waals surface area (Å²) in [5.74, 6) is 1.55. The van der Waals surface area contributed by atoms with Gasteiger partial charge in [0, 0.05) is 29.8 Å². The number of aryl methyl sites for hydroxylation is 2. The van der Waals surface area contributed by atoms with Gasteiger partial charge in [-0.3, -0.25) is 20.4 Å². The molecule has 1 aromatic heterocycles. The first-order valence-corrected chi connectivity index (χ1v) is 10.8. The third-order valence-electron chi connectivity index (χ3n) is 4.67. The monoisotopic (exact) mass is 472 g/mol. The molecule has 174 valence electrons. The van der Waals surface area contributed by atoms with Gasteiger partial charge in [0.2, 0.25) is 23.5 Å². The van der Waals surface area contributed by atoms with Gasteiger partial charge in [0.05, 0.1) is 13.7 Å². The van der Waals surface area contributed by atoms with E-state index in [0.717, 1.165) is 22.6 Å². The molecule has 2 N–H and O–H groups in total. The highest BCUT2D eigenvalue weighted by Gasteiger charge is 2.12. The van der Waals surface area contributed by atoms with Crippen LogP contribution in [-0.4, -0.2) is 35.7 Å². The standard InChI is InChI=1S/C23H25ClN4O5/c1-15-14-17(24)7-10-19(15)32-13-3-4-20(29)26-27-21(30)11-12-22-25-23(28-33-22)16-5-8-18(31-2)9-6-16/h5-10,14H,3-4,11-13H2,1-2H3,(H,26,29)(H,27,30). The minimum atomic E-state index is -0.361. The zero-order valence-corrected chi connectivity index (χ0v) is 19.1. The molecule has 0 saturated carbocycles. The fraction of sp³-hybridized carbons (Fsp3) is 0.304. The molecule has 2 amide bonds. The SMILES string of the molecule is COc1ccc(-c2noc(CCC(=O)NNC(=O)CCCOc3ccc(Cl)cc3C)n2)cc1. The van der Waals surface area contributed by atoms with Crippen molar-refractivity contribution >= 4 is 23.4 Å². The predicted molar refractivity (Wildman–Crippen MR) is 122 cm³/mol. The Kier molecular flexibility index (Phi) is 8.65. The summed E-state index contributed by atoms with van der Waals surface area (Å²) in [5.41, 5.74) is 6.47. The minimum absolute atomic E-state index is 0.0868. The van der Waals surface area contributed by atoms with Gasteiger partial charge in [0.1, 0.15) is 11.5 Å². The number of halogens is 1. The van der Waals surface area contributed by atoms with E-state index in [2.05, 4.69) is 21.0 Å². The van der Waals surface area contributed by atoms with Crippen molar-refractivity contribution in [2.45, 2.75) is 32.6 Å². The zero-order valence-electron chi connectivity index (χ0n) is 18.4. The van der Waals surface area contributed by atoms with Gasteiger partial charge in [-0.1, -0.05) is 16.8 Å². The number of benzene rings is 2. The van der Waals surface area contributed by atoms with Crippen molar-refractivity contribution in [3.8, 4) is 22.9 Å². The summed E-state index contributed by atoms with van der Waals surface area (Å²) in [5, 5.41) is 4.57. The summed E-state index contributed by atoms with van der Waals surface area (Å²) in [6, 6.07) is 12.6. The second kappa shape index (κ2) is 11.9. The Labute approximate surface area is 196 Å². The molecule has 33 heavy (non-hydrogen) atoms. The molecule has 0 fully saturated rings. The molecule has 1 heterocycles. The fourth-order valence-electron chi connectivity index (χ4n) is 2.89. The first-order chi connectivity index (χ1) is 15.9. The van der Waals surface area contributed by atoms with Crippen LogP contribution < -0.4 is 20.3 Å². The Morgan fingerprint density at radius 1 is 1.06 bits per heavy atom. The molecule has 0 radical (unpaired) electrons. The number of amides is 2. The molecular formula is C23H25ClN4O5. The predicted octanol–water partition coefficient (Wildman–Crippen LogP) is 3.65. The van der Waals surface area contributed by atoms with E-state index in [1.807, 2.05) is 25.1 Å². The number of rotatable bonds is 10.